The van der Waals surface area contributed by atoms with Gasteiger partial charge in [0.1, 0.15) is 37.6 Å². The van der Waals surface area contributed by atoms with Crippen LogP contribution in [0.1, 0.15) is 40.5 Å². The fourth-order valence-electron chi connectivity index (χ4n) is 2.05. The minimum Gasteiger partial charge on any atom is -0.463 e. The van der Waals surface area contributed by atoms with Gasteiger partial charge in [0.15, 0.2) is 0 Å². The second-order valence-corrected chi connectivity index (χ2v) is 6.46. The van der Waals surface area contributed by atoms with Crippen molar-refractivity contribution >= 4 is 23.9 Å². The highest BCUT2D eigenvalue weighted by atomic mass is 16.6. The summed E-state index contributed by atoms with van der Waals surface area (Å²) in [5.74, 6) is -2.32. The molecular formula is C18H30O11. The third kappa shape index (κ3) is 16.4. The van der Waals surface area contributed by atoms with Gasteiger partial charge in [-0.25, -0.2) is 0 Å². The van der Waals surface area contributed by atoms with Gasteiger partial charge in [-0.15, -0.1) is 0 Å². The minimum absolute atomic E-state index is 0.146. The van der Waals surface area contributed by atoms with Crippen molar-refractivity contribution in [3.8, 4) is 0 Å². The van der Waals surface area contributed by atoms with Gasteiger partial charge in [0.05, 0.1) is 26.1 Å². The number of aliphatic hydroxyl groups is 2. The van der Waals surface area contributed by atoms with E-state index in [9.17, 15) is 29.4 Å². The van der Waals surface area contributed by atoms with Crippen LogP contribution in [-0.4, -0.2) is 84.9 Å². The van der Waals surface area contributed by atoms with Crippen LogP contribution >= 0.6 is 0 Å². The number of aliphatic hydroxyl groups excluding tert-OH is 2. The first-order valence-electron chi connectivity index (χ1n) is 9.09. The van der Waals surface area contributed by atoms with Crippen molar-refractivity contribution in [3.63, 3.8) is 0 Å². The summed E-state index contributed by atoms with van der Waals surface area (Å²) >= 11 is 0. The third-order valence-corrected chi connectivity index (χ3v) is 3.14. The molecule has 11 heteroatoms. The molecule has 0 aliphatic rings. The maximum atomic E-state index is 11.5. The number of carbonyl (C=O) groups excluding carboxylic acids is 4. The monoisotopic (exact) mass is 422 g/mol. The molecule has 0 aliphatic carbocycles. The lowest BCUT2D eigenvalue weighted by atomic mass is 10.3. The molecule has 0 saturated carbocycles. The molecule has 0 amide bonds. The fourth-order valence-corrected chi connectivity index (χ4v) is 2.05. The van der Waals surface area contributed by atoms with Crippen LogP contribution in [0.25, 0.3) is 0 Å². The molecule has 0 saturated heterocycles. The number of hydrogen-bond donors (Lipinski definition) is 2. The molecule has 0 aromatic rings. The summed E-state index contributed by atoms with van der Waals surface area (Å²) in [6.07, 6.45) is -3.81. The third-order valence-electron chi connectivity index (χ3n) is 3.14. The largest absolute Gasteiger partial charge is 0.463 e. The van der Waals surface area contributed by atoms with E-state index < -0.39 is 48.3 Å². The van der Waals surface area contributed by atoms with Crippen molar-refractivity contribution < 1.29 is 53.1 Å². The molecule has 2 N–H and O–H groups in total. The highest BCUT2D eigenvalue weighted by Gasteiger charge is 2.17. The second-order valence-electron chi connectivity index (χ2n) is 6.46. The lowest BCUT2D eigenvalue weighted by Gasteiger charge is -2.16. The number of esters is 4. The van der Waals surface area contributed by atoms with Crippen LogP contribution in [0.5, 0.6) is 0 Å². The van der Waals surface area contributed by atoms with Crippen LogP contribution in [0.3, 0.4) is 0 Å². The first-order valence-corrected chi connectivity index (χ1v) is 9.09. The van der Waals surface area contributed by atoms with E-state index in [1.54, 1.807) is 0 Å². The van der Waals surface area contributed by atoms with Gasteiger partial charge in [-0.2, -0.15) is 0 Å². The number of carbonyl (C=O) groups is 4. The van der Waals surface area contributed by atoms with Gasteiger partial charge in [0.25, 0.3) is 0 Å². The zero-order chi connectivity index (χ0) is 22.4. The van der Waals surface area contributed by atoms with Gasteiger partial charge in [-0.3, -0.25) is 19.2 Å². The Labute approximate surface area is 169 Å². The Morgan fingerprint density at radius 1 is 0.690 bits per heavy atom. The summed E-state index contributed by atoms with van der Waals surface area (Å²) in [6, 6.07) is 0. The van der Waals surface area contributed by atoms with Crippen LogP contribution in [0, 0.1) is 0 Å². The predicted octanol–water partition coefficient (Wildman–Crippen LogP) is -0.505. The second kappa shape index (κ2) is 14.7. The summed E-state index contributed by atoms with van der Waals surface area (Å²) < 4.78 is 24.3. The fraction of sp³-hybridized carbons (Fsp3) is 0.778. The van der Waals surface area contributed by atoms with Gasteiger partial charge in [0, 0.05) is 13.8 Å². The van der Waals surface area contributed by atoms with Crippen LogP contribution in [0.4, 0.5) is 0 Å². The van der Waals surface area contributed by atoms with E-state index in [-0.39, 0.29) is 39.3 Å². The SMILES string of the molecule is CC(=O)OC(C)CC(=O)OCC(O)COCC(O)COC(=O)CC(C)OC(C)=O. The van der Waals surface area contributed by atoms with E-state index >= 15 is 0 Å². The normalized spacial score (nSPS) is 14.8. The van der Waals surface area contributed by atoms with E-state index in [4.69, 9.17) is 23.7 Å². The van der Waals surface area contributed by atoms with E-state index in [1.165, 1.54) is 27.7 Å². The van der Waals surface area contributed by atoms with Crippen molar-refractivity contribution in [1.29, 1.82) is 0 Å². The Hall–Kier alpha value is -2.24. The molecule has 0 aromatic carbocycles. The zero-order valence-electron chi connectivity index (χ0n) is 17.1. The average molecular weight is 422 g/mol. The summed E-state index contributed by atoms with van der Waals surface area (Å²) in [6.45, 7) is 4.42. The molecule has 0 rings (SSSR count). The molecule has 0 spiro atoms. The van der Waals surface area contributed by atoms with E-state index in [0.29, 0.717) is 0 Å². The Bertz CT molecular complexity index is 488. The molecule has 0 heterocycles. The quantitative estimate of drug-likeness (QED) is 0.275. The van der Waals surface area contributed by atoms with Gasteiger partial charge in [-0.1, -0.05) is 0 Å². The number of rotatable bonds is 14. The molecule has 4 atom stereocenters. The maximum absolute atomic E-state index is 11.5. The van der Waals surface area contributed by atoms with Gasteiger partial charge >= 0.3 is 23.9 Å². The Kier molecular flexibility index (Phi) is 13.6. The summed E-state index contributed by atoms with van der Waals surface area (Å²) in [5.41, 5.74) is 0. The zero-order valence-corrected chi connectivity index (χ0v) is 17.1. The number of hydrogen-bond acceptors (Lipinski definition) is 11. The first kappa shape index (κ1) is 26.8. The summed E-state index contributed by atoms with van der Waals surface area (Å²) in [4.78, 5) is 44.5. The van der Waals surface area contributed by atoms with Gasteiger partial charge in [-0.05, 0) is 13.8 Å². The van der Waals surface area contributed by atoms with Crippen molar-refractivity contribution in [2.45, 2.75) is 65.0 Å². The topological polar surface area (TPSA) is 155 Å². The standard InChI is InChI=1S/C18H30O11/c1-11(28-13(3)19)5-17(23)26-9-15(21)7-25-8-16(22)10-27-18(24)6-12(2)29-14(4)20/h11-12,15-16,21-22H,5-10H2,1-4H3. The maximum Gasteiger partial charge on any atom is 0.309 e. The van der Waals surface area contributed by atoms with Crippen LogP contribution in [0.15, 0.2) is 0 Å². The van der Waals surface area contributed by atoms with Crippen molar-refractivity contribution in [2.24, 2.45) is 0 Å². The molecule has 0 radical (unpaired) electrons. The number of ether oxygens (including phenoxy) is 5. The molecule has 0 fully saturated rings. The highest BCUT2D eigenvalue weighted by molar-refractivity contribution is 5.72. The Morgan fingerprint density at radius 2 is 1.03 bits per heavy atom. The van der Waals surface area contributed by atoms with Gasteiger partial charge in [0.2, 0.25) is 0 Å². The molecule has 11 nitrogen and oxygen atoms in total. The summed E-state index contributed by atoms with van der Waals surface area (Å²) in [5, 5.41) is 19.4. The predicted molar refractivity (Wildman–Crippen MR) is 96.4 cm³/mol. The Balaban J connectivity index is 3.85. The lowest BCUT2D eigenvalue weighted by Crippen LogP contribution is -2.29. The van der Waals surface area contributed by atoms with Crippen molar-refractivity contribution in [1.82, 2.24) is 0 Å². The average Bonchev–Trinajstić information content (AvgIpc) is 2.56. The minimum atomic E-state index is -1.12. The first-order chi connectivity index (χ1) is 13.5. The lowest BCUT2D eigenvalue weighted by molar-refractivity contribution is -0.155. The van der Waals surface area contributed by atoms with Crippen LogP contribution < -0.4 is 0 Å². The van der Waals surface area contributed by atoms with E-state index in [1.807, 2.05) is 0 Å². The summed E-state index contributed by atoms with van der Waals surface area (Å²) in [7, 11) is 0. The molecule has 0 aromatic heterocycles. The van der Waals surface area contributed by atoms with Crippen LogP contribution in [0.2, 0.25) is 0 Å². The Morgan fingerprint density at radius 3 is 1.34 bits per heavy atom. The van der Waals surface area contributed by atoms with Crippen molar-refractivity contribution in [3.05, 3.63) is 0 Å². The van der Waals surface area contributed by atoms with Crippen molar-refractivity contribution in [2.75, 3.05) is 26.4 Å². The molecule has 0 bridgehead atoms. The molecule has 4 unspecified atom stereocenters. The van der Waals surface area contributed by atoms with Gasteiger partial charge < -0.3 is 33.9 Å². The van der Waals surface area contributed by atoms with E-state index in [0.717, 1.165) is 0 Å². The van der Waals surface area contributed by atoms with Crippen LogP contribution in [-0.2, 0) is 42.9 Å². The molecule has 168 valence electrons. The highest BCUT2D eigenvalue weighted by Crippen LogP contribution is 2.02. The van der Waals surface area contributed by atoms with E-state index in [2.05, 4.69) is 0 Å². The molecular weight excluding hydrogens is 392 g/mol. The molecule has 0 aliphatic heterocycles. The molecule has 29 heavy (non-hydrogen) atoms. The smallest absolute Gasteiger partial charge is 0.309 e.